The molecular weight excluding hydrogens is 731 g/mol. The summed E-state index contributed by atoms with van der Waals surface area (Å²) in [6, 6.07) is 35.9. The van der Waals surface area contributed by atoms with Crippen LogP contribution < -0.4 is 29.6 Å². The summed E-state index contributed by atoms with van der Waals surface area (Å²) in [6.45, 7) is 4.07. The standard InChI is InChI=1S/C21H22N2O4.C18H19NO2.C8H8N2/c1-4-11-27-21(24)23(17-6-7-18-16(13-17)9-10-22-18)14-15-5-8-19(25-2)20(12-15)26-3;1-20-17-8-6-14(12-18(17)21-2)4-3-13-5-7-16-15(11-13)9-10-19-16;9-7-1-2-8-6(5-7)3-4-10-8/h4-10,12-13,22H,1,11,14H2,2-3H3;5-12,19H,3-4H2,1-2H3;1-5,10H,9H2. The van der Waals surface area contributed by atoms with Crippen LogP contribution >= 0.6 is 0 Å². The first-order valence-electron chi connectivity index (χ1n) is 18.7. The molecule has 1 amide bonds. The van der Waals surface area contributed by atoms with E-state index in [2.05, 4.69) is 51.9 Å². The number of carbonyl (C=O) groups excluding carboxylic acids is 1. The molecule has 0 aliphatic rings. The largest absolute Gasteiger partial charge is 0.493 e. The second kappa shape index (κ2) is 19.5. The molecule has 0 aliphatic heterocycles. The summed E-state index contributed by atoms with van der Waals surface area (Å²) in [5.41, 5.74) is 13.9. The zero-order chi connectivity index (χ0) is 40.9. The Labute approximate surface area is 337 Å². The first-order valence-corrected chi connectivity index (χ1v) is 18.7. The SMILES string of the molecule is C=CCOC(=O)N(Cc1ccc(OC)c(OC)c1)c1ccc2[nH]ccc2c1.COc1ccc(CCc2ccc3[nH]ccc3c2)cc1OC.Nc1ccc2[nH]ccc2c1. The summed E-state index contributed by atoms with van der Waals surface area (Å²) >= 11 is 0. The molecule has 0 unspecified atom stereocenters. The Morgan fingerprint density at radius 2 is 1.07 bits per heavy atom. The third-order valence-corrected chi connectivity index (χ3v) is 9.53. The van der Waals surface area contributed by atoms with Crippen molar-refractivity contribution in [3.05, 3.63) is 157 Å². The molecule has 8 aromatic rings. The van der Waals surface area contributed by atoms with Crippen molar-refractivity contribution in [2.75, 3.05) is 45.7 Å². The fourth-order valence-electron chi connectivity index (χ4n) is 6.49. The van der Waals surface area contributed by atoms with Gasteiger partial charge in [-0.3, -0.25) is 4.90 Å². The Kier molecular flexibility index (Phi) is 13.6. The summed E-state index contributed by atoms with van der Waals surface area (Å²) < 4.78 is 26.5. The summed E-state index contributed by atoms with van der Waals surface area (Å²) in [5.74, 6) is 2.80. The molecule has 0 bridgehead atoms. The van der Waals surface area contributed by atoms with Gasteiger partial charge in [0.2, 0.25) is 0 Å². The Hall–Kier alpha value is -7.27. The zero-order valence-electron chi connectivity index (χ0n) is 33.2. The van der Waals surface area contributed by atoms with E-state index in [0.29, 0.717) is 18.0 Å². The first kappa shape index (κ1) is 40.4. The number of amides is 1. The maximum absolute atomic E-state index is 12.7. The molecule has 0 aliphatic carbocycles. The number of aromatic nitrogens is 3. The number of ether oxygens (including phenoxy) is 5. The molecule has 58 heavy (non-hydrogen) atoms. The van der Waals surface area contributed by atoms with Gasteiger partial charge >= 0.3 is 6.09 Å². The highest BCUT2D eigenvalue weighted by Crippen LogP contribution is 2.31. The Balaban J connectivity index is 0.000000161. The van der Waals surface area contributed by atoms with Gasteiger partial charge < -0.3 is 44.4 Å². The van der Waals surface area contributed by atoms with Crippen molar-refractivity contribution in [1.29, 1.82) is 0 Å². The van der Waals surface area contributed by atoms with E-state index < -0.39 is 6.09 Å². The summed E-state index contributed by atoms with van der Waals surface area (Å²) in [4.78, 5) is 23.7. The van der Waals surface area contributed by atoms with Crippen LogP contribution in [0, 0.1) is 0 Å². The van der Waals surface area contributed by atoms with Gasteiger partial charge in [-0.2, -0.15) is 0 Å². The van der Waals surface area contributed by atoms with Crippen molar-refractivity contribution in [3.8, 4) is 23.0 Å². The molecule has 5 N–H and O–H groups in total. The fourth-order valence-corrected chi connectivity index (χ4v) is 6.49. The number of carbonyl (C=O) groups is 1. The molecule has 0 saturated carbocycles. The second-order valence-electron chi connectivity index (χ2n) is 13.3. The van der Waals surface area contributed by atoms with Crippen LogP contribution in [0.25, 0.3) is 32.7 Å². The molecule has 0 atom stereocenters. The zero-order valence-corrected chi connectivity index (χ0v) is 33.2. The lowest BCUT2D eigenvalue weighted by Crippen LogP contribution is -2.31. The van der Waals surface area contributed by atoms with Crippen molar-refractivity contribution in [2.45, 2.75) is 19.4 Å². The average Bonchev–Trinajstić information content (AvgIpc) is 4.05. The number of nitrogens with zero attached hydrogens (tertiary/aromatic N) is 1. The summed E-state index contributed by atoms with van der Waals surface area (Å²) in [6.07, 6.45) is 8.84. The monoisotopic (exact) mass is 779 g/mol. The number of aromatic amines is 3. The molecule has 11 heteroatoms. The van der Waals surface area contributed by atoms with E-state index in [9.17, 15) is 4.79 Å². The van der Waals surface area contributed by atoms with Crippen LogP contribution in [0.5, 0.6) is 23.0 Å². The Bertz CT molecular complexity index is 2590. The van der Waals surface area contributed by atoms with Crippen molar-refractivity contribution >= 4 is 50.2 Å². The summed E-state index contributed by atoms with van der Waals surface area (Å²) in [5, 5.41) is 3.45. The third-order valence-electron chi connectivity index (χ3n) is 9.53. The van der Waals surface area contributed by atoms with E-state index in [1.165, 1.54) is 27.4 Å². The highest BCUT2D eigenvalue weighted by Gasteiger charge is 2.19. The lowest BCUT2D eigenvalue weighted by molar-refractivity contribution is 0.165. The van der Waals surface area contributed by atoms with Gasteiger partial charge in [-0.25, -0.2) is 4.79 Å². The van der Waals surface area contributed by atoms with Crippen LogP contribution in [-0.2, 0) is 24.1 Å². The minimum absolute atomic E-state index is 0.146. The molecule has 0 spiro atoms. The summed E-state index contributed by atoms with van der Waals surface area (Å²) in [7, 11) is 6.49. The molecule has 3 heterocycles. The van der Waals surface area contributed by atoms with Gasteiger partial charge in [-0.1, -0.05) is 30.9 Å². The smallest absolute Gasteiger partial charge is 0.414 e. The number of rotatable bonds is 12. The van der Waals surface area contributed by atoms with Crippen molar-refractivity contribution in [1.82, 2.24) is 15.0 Å². The number of fused-ring (bicyclic) bond motifs is 3. The number of aryl methyl sites for hydroxylation is 2. The number of nitrogen functional groups attached to an aromatic ring is 1. The van der Waals surface area contributed by atoms with E-state index in [-0.39, 0.29) is 6.61 Å². The van der Waals surface area contributed by atoms with Gasteiger partial charge in [0.15, 0.2) is 23.0 Å². The van der Waals surface area contributed by atoms with Crippen LogP contribution in [0.1, 0.15) is 16.7 Å². The van der Waals surface area contributed by atoms with Crippen molar-refractivity contribution in [3.63, 3.8) is 0 Å². The number of nitrogens with one attached hydrogen (secondary N) is 3. The van der Waals surface area contributed by atoms with Crippen LogP contribution in [0.3, 0.4) is 0 Å². The van der Waals surface area contributed by atoms with Gasteiger partial charge in [-0.15, -0.1) is 0 Å². The van der Waals surface area contributed by atoms with E-state index in [0.717, 1.165) is 57.7 Å². The van der Waals surface area contributed by atoms with Gasteiger partial charge in [0, 0.05) is 57.3 Å². The lowest BCUT2D eigenvalue weighted by atomic mass is 10.0. The van der Waals surface area contributed by atoms with E-state index in [1.807, 2.05) is 97.5 Å². The lowest BCUT2D eigenvalue weighted by Gasteiger charge is -2.23. The fraction of sp³-hybridized carbons (Fsp3) is 0.170. The van der Waals surface area contributed by atoms with Crippen molar-refractivity contribution < 1.29 is 28.5 Å². The van der Waals surface area contributed by atoms with Crippen LogP contribution in [-0.4, -0.2) is 56.1 Å². The number of methoxy groups -OCH3 is 4. The van der Waals surface area contributed by atoms with Gasteiger partial charge in [0.25, 0.3) is 0 Å². The van der Waals surface area contributed by atoms with E-state index in [1.54, 1.807) is 39.4 Å². The van der Waals surface area contributed by atoms with Crippen LogP contribution in [0.4, 0.5) is 16.2 Å². The number of hydrogen-bond donors (Lipinski definition) is 4. The van der Waals surface area contributed by atoms with E-state index >= 15 is 0 Å². The number of anilines is 2. The van der Waals surface area contributed by atoms with Crippen LogP contribution in [0.2, 0.25) is 0 Å². The quantitative estimate of drug-likeness (QED) is 0.0715. The Morgan fingerprint density at radius 1 is 0.586 bits per heavy atom. The van der Waals surface area contributed by atoms with Gasteiger partial charge in [-0.05, 0) is 126 Å². The van der Waals surface area contributed by atoms with Crippen LogP contribution in [0.15, 0.2) is 140 Å². The number of H-pyrrole nitrogens is 3. The molecule has 0 saturated heterocycles. The van der Waals surface area contributed by atoms with Crippen molar-refractivity contribution in [2.24, 2.45) is 0 Å². The number of benzene rings is 5. The molecule has 298 valence electrons. The maximum atomic E-state index is 12.7. The molecule has 5 aromatic carbocycles. The number of hydrogen-bond acceptors (Lipinski definition) is 7. The predicted molar refractivity (Wildman–Crippen MR) is 234 cm³/mol. The third kappa shape index (κ3) is 10.1. The topological polar surface area (TPSA) is 140 Å². The molecule has 0 radical (unpaired) electrons. The average molecular weight is 780 g/mol. The van der Waals surface area contributed by atoms with Gasteiger partial charge in [0.05, 0.1) is 35.0 Å². The highest BCUT2D eigenvalue weighted by molar-refractivity contribution is 5.92. The second-order valence-corrected chi connectivity index (χ2v) is 13.3. The highest BCUT2D eigenvalue weighted by atomic mass is 16.6. The first-order chi connectivity index (χ1) is 28.3. The molecular formula is C47H49N5O6. The molecule has 3 aromatic heterocycles. The molecule has 0 fully saturated rings. The molecule has 11 nitrogen and oxygen atoms in total. The normalized spacial score (nSPS) is 10.6. The maximum Gasteiger partial charge on any atom is 0.414 e. The minimum Gasteiger partial charge on any atom is -0.493 e. The molecule has 8 rings (SSSR count). The van der Waals surface area contributed by atoms with E-state index in [4.69, 9.17) is 29.4 Å². The predicted octanol–water partition coefficient (Wildman–Crippen LogP) is 10.2. The minimum atomic E-state index is -0.445. The van der Waals surface area contributed by atoms with Gasteiger partial charge in [0.1, 0.15) is 6.61 Å². The number of nitrogens with two attached hydrogens (primary N) is 1. The Morgan fingerprint density at radius 3 is 1.66 bits per heavy atom.